The summed E-state index contributed by atoms with van der Waals surface area (Å²) >= 11 is 0. The average Bonchev–Trinajstić information content (AvgIpc) is 2.93. The van der Waals surface area contributed by atoms with Gasteiger partial charge in [-0.25, -0.2) is 0 Å². The van der Waals surface area contributed by atoms with Gasteiger partial charge in [0.25, 0.3) is 0 Å². The predicted molar refractivity (Wildman–Crippen MR) is 92.6 cm³/mol. The summed E-state index contributed by atoms with van der Waals surface area (Å²) in [6.07, 6.45) is 6.21. The number of amides is 1. The van der Waals surface area contributed by atoms with Gasteiger partial charge in [0.15, 0.2) is 0 Å². The third-order valence-corrected chi connectivity index (χ3v) is 5.59. The highest BCUT2D eigenvalue weighted by atomic mass is 16.4. The standard InChI is InChI=1S/C20H27NO3/c1-14-6-5-7-15(12-14)18-8-3-2-4-11-21(18)19(22)16-9-10-17(13-16)20(23)24/h5-7,12,16-18H,2-4,8-11,13H2,1H3,(H,23,24)/t16-,17+,18?/m1/s1. The largest absolute Gasteiger partial charge is 0.481 e. The van der Waals surface area contributed by atoms with Gasteiger partial charge in [-0.15, -0.1) is 0 Å². The van der Waals surface area contributed by atoms with Crippen molar-refractivity contribution in [3.63, 3.8) is 0 Å². The van der Waals surface area contributed by atoms with Gasteiger partial charge in [0.1, 0.15) is 0 Å². The Balaban J connectivity index is 1.80. The van der Waals surface area contributed by atoms with E-state index >= 15 is 0 Å². The second-order valence-corrected chi connectivity index (χ2v) is 7.36. The van der Waals surface area contributed by atoms with E-state index in [-0.39, 0.29) is 23.8 Å². The fourth-order valence-corrected chi connectivity index (χ4v) is 4.26. The Morgan fingerprint density at radius 3 is 2.58 bits per heavy atom. The van der Waals surface area contributed by atoms with Crippen LogP contribution in [-0.2, 0) is 9.59 Å². The van der Waals surface area contributed by atoms with Crippen LogP contribution >= 0.6 is 0 Å². The number of carboxylic acids is 1. The van der Waals surface area contributed by atoms with E-state index in [1.807, 2.05) is 0 Å². The molecule has 1 aliphatic heterocycles. The number of aryl methyl sites for hydroxylation is 1. The average molecular weight is 329 g/mol. The Bertz CT molecular complexity index is 613. The quantitative estimate of drug-likeness (QED) is 0.914. The van der Waals surface area contributed by atoms with Gasteiger partial charge in [0, 0.05) is 12.5 Å². The number of carbonyl (C=O) groups is 2. The minimum Gasteiger partial charge on any atom is -0.481 e. The summed E-state index contributed by atoms with van der Waals surface area (Å²) in [5, 5.41) is 9.20. The van der Waals surface area contributed by atoms with E-state index in [1.165, 1.54) is 11.1 Å². The molecule has 1 aromatic rings. The molecule has 1 aromatic carbocycles. The predicted octanol–water partition coefficient (Wildman–Crippen LogP) is 3.94. The van der Waals surface area contributed by atoms with E-state index < -0.39 is 5.97 Å². The van der Waals surface area contributed by atoms with Crippen molar-refractivity contribution in [3.8, 4) is 0 Å². The summed E-state index contributed by atoms with van der Waals surface area (Å²) in [5.74, 6) is -1.04. The molecule has 24 heavy (non-hydrogen) atoms. The molecule has 1 N–H and O–H groups in total. The van der Waals surface area contributed by atoms with Crippen molar-refractivity contribution in [1.82, 2.24) is 4.90 Å². The van der Waals surface area contributed by atoms with Gasteiger partial charge in [-0.3, -0.25) is 9.59 Å². The lowest BCUT2D eigenvalue weighted by atomic mass is 9.97. The lowest BCUT2D eigenvalue weighted by Gasteiger charge is -2.33. The van der Waals surface area contributed by atoms with E-state index in [1.54, 1.807) is 0 Å². The molecule has 0 bridgehead atoms. The molecular formula is C20H27NO3. The number of benzene rings is 1. The van der Waals surface area contributed by atoms with E-state index in [2.05, 4.69) is 36.1 Å². The van der Waals surface area contributed by atoms with Crippen LogP contribution in [0.5, 0.6) is 0 Å². The number of carbonyl (C=O) groups excluding carboxylic acids is 1. The summed E-state index contributed by atoms with van der Waals surface area (Å²) in [7, 11) is 0. The third-order valence-electron chi connectivity index (χ3n) is 5.59. The molecule has 2 fully saturated rings. The first-order chi connectivity index (χ1) is 11.6. The minimum absolute atomic E-state index is 0.114. The van der Waals surface area contributed by atoms with E-state index in [4.69, 9.17) is 0 Å². The Labute approximate surface area is 143 Å². The molecule has 3 atom stereocenters. The molecule has 1 unspecified atom stereocenters. The number of aliphatic carboxylic acids is 1. The molecule has 4 nitrogen and oxygen atoms in total. The highest BCUT2D eigenvalue weighted by Gasteiger charge is 2.38. The molecule has 3 rings (SSSR count). The maximum atomic E-state index is 13.1. The summed E-state index contributed by atoms with van der Waals surface area (Å²) in [5.41, 5.74) is 2.44. The second-order valence-electron chi connectivity index (χ2n) is 7.36. The number of hydrogen-bond donors (Lipinski definition) is 1. The Hall–Kier alpha value is -1.84. The van der Waals surface area contributed by atoms with Gasteiger partial charge in [-0.2, -0.15) is 0 Å². The van der Waals surface area contributed by atoms with E-state index in [0.29, 0.717) is 19.3 Å². The van der Waals surface area contributed by atoms with Gasteiger partial charge in [-0.1, -0.05) is 42.7 Å². The van der Waals surface area contributed by atoms with Crippen LogP contribution in [0.2, 0.25) is 0 Å². The molecule has 0 radical (unpaired) electrons. The zero-order chi connectivity index (χ0) is 17.1. The number of nitrogens with zero attached hydrogens (tertiary/aromatic N) is 1. The zero-order valence-corrected chi connectivity index (χ0v) is 14.4. The van der Waals surface area contributed by atoms with Crippen LogP contribution in [0.3, 0.4) is 0 Å². The fraction of sp³-hybridized carbons (Fsp3) is 0.600. The Kier molecular flexibility index (Phi) is 5.22. The molecule has 1 aliphatic carbocycles. The molecule has 4 heteroatoms. The van der Waals surface area contributed by atoms with Crippen molar-refractivity contribution in [3.05, 3.63) is 35.4 Å². The number of rotatable bonds is 3. The normalized spacial score (nSPS) is 27.7. The molecular weight excluding hydrogens is 302 g/mol. The highest BCUT2D eigenvalue weighted by molar-refractivity contribution is 5.81. The first-order valence-electron chi connectivity index (χ1n) is 9.16. The monoisotopic (exact) mass is 329 g/mol. The van der Waals surface area contributed by atoms with E-state index in [0.717, 1.165) is 32.2 Å². The molecule has 1 heterocycles. The summed E-state index contributed by atoms with van der Waals surface area (Å²) in [6, 6.07) is 8.60. The topological polar surface area (TPSA) is 57.6 Å². The summed E-state index contributed by atoms with van der Waals surface area (Å²) < 4.78 is 0. The number of likely N-dealkylation sites (tertiary alicyclic amines) is 1. The lowest BCUT2D eigenvalue weighted by molar-refractivity contribution is -0.142. The molecule has 1 saturated heterocycles. The molecule has 0 spiro atoms. The van der Waals surface area contributed by atoms with E-state index in [9.17, 15) is 14.7 Å². The van der Waals surface area contributed by atoms with Crippen LogP contribution in [0.15, 0.2) is 24.3 Å². The summed E-state index contributed by atoms with van der Waals surface area (Å²) in [4.78, 5) is 26.4. The van der Waals surface area contributed by atoms with Gasteiger partial charge in [0.2, 0.25) is 5.91 Å². The second kappa shape index (κ2) is 7.37. The maximum Gasteiger partial charge on any atom is 0.306 e. The molecule has 1 saturated carbocycles. The van der Waals surface area contributed by atoms with Crippen LogP contribution in [0.4, 0.5) is 0 Å². The van der Waals surface area contributed by atoms with Gasteiger partial charge < -0.3 is 10.0 Å². The summed E-state index contributed by atoms with van der Waals surface area (Å²) in [6.45, 7) is 2.88. The van der Waals surface area contributed by atoms with Crippen molar-refractivity contribution < 1.29 is 14.7 Å². The van der Waals surface area contributed by atoms with Crippen molar-refractivity contribution in [1.29, 1.82) is 0 Å². The molecule has 1 amide bonds. The SMILES string of the molecule is Cc1cccc(C2CCCCCN2C(=O)[C@@H]2CC[C@H](C(=O)O)C2)c1. The molecule has 130 valence electrons. The van der Waals surface area contributed by atoms with Crippen LogP contribution in [0.1, 0.15) is 62.1 Å². The molecule has 2 aliphatic rings. The van der Waals surface area contributed by atoms with Gasteiger partial charge in [0.05, 0.1) is 12.0 Å². The lowest BCUT2D eigenvalue weighted by Crippen LogP contribution is -2.38. The van der Waals surface area contributed by atoms with Gasteiger partial charge >= 0.3 is 5.97 Å². The van der Waals surface area contributed by atoms with Crippen LogP contribution < -0.4 is 0 Å². The fourth-order valence-electron chi connectivity index (χ4n) is 4.26. The number of hydrogen-bond acceptors (Lipinski definition) is 2. The van der Waals surface area contributed by atoms with Crippen molar-refractivity contribution in [2.24, 2.45) is 11.8 Å². The maximum absolute atomic E-state index is 13.1. The smallest absolute Gasteiger partial charge is 0.306 e. The zero-order valence-electron chi connectivity index (χ0n) is 14.4. The first-order valence-corrected chi connectivity index (χ1v) is 9.16. The Morgan fingerprint density at radius 2 is 1.88 bits per heavy atom. The van der Waals surface area contributed by atoms with Crippen LogP contribution in [0.25, 0.3) is 0 Å². The highest BCUT2D eigenvalue weighted by Crippen LogP contribution is 2.37. The van der Waals surface area contributed by atoms with Crippen molar-refractivity contribution in [2.45, 2.75) is 57.9 Å². The van der Waals surface area contributed by atoms with Crippen LogP contribution in [0, 0.1) is 18.8 Å². The van der Waals surface area contributed by atoms with Gasteiger partial charge in [-0.05, 0) is 44.6 Å². The third kappa shape index (κ3) is 3.63. The first kappa shape index (κ1) is 17.0. The number of carboxylic acid groups (broad SMARTS) is 1. The minimum atomic E-state index is -0.753. The van der Waals surface area contributed by atoms with Crippen LogP contribution in [-0.4, -0.2) is 28.4 Å². The van der Waals surface area contributed by atoms with Crippen molar-refractivity contribution in [2.75, 3.05) is 6.54 Å². The Morgan fingerprint density at radius 1 is 1.08 bits per heavy atom. The molecule has 0 aromatic heterocycles. The van der Waals surface area contributed by atoms with Crippen molar-refractivity contribution >= 4 is 11.9 Å².